The molecule has 3 atom stereocenters. The fourth-order valence-corrected chi connectivity index (χ4v) is 4.44. The Kier molecular flexibility index (Phi) is 3.98. The molecule has 1 saturated carbocycles. The van der Waals surface area contributed by atoms with Crippen LogP contribution in [0.1, 0.15) is 36.8 Å². The fraction of sp³-hybridized carbons (Fsp3) is 0.474. The van der Waals surface area contributed by atoms with Gasteiger partial charge in [-0.2, -0.15) is 4.98 Å². The van der Waals surface area contributed by atoms with Crippen LogP contribution in [0.3, 0.4) is 0 Å². The topological polar surface area (TPSA) is 59.0 Å². The zero-order chi connectivity index (χ0) is 16.7. The van der Waals surface area contributed by atoms with Gasteiger partial charge < -0.3 is 4.57 Å². The van der Waals surface area contributed by atoms with Gasteiger partial charge in [0.25, 0.3) is 5.56 Å². The van der Waals surface area contributed by atoms with E-state index in [1.807, 2.05) is 37.3 Å². The lowest BCUT2D eigenvalue weighted by Crippen LogP contribution is -2.38. The van der Waals surface area contributed by atoms with Gasteiger partial charge in [0.1, 0.15) is 5.82 Å². The van der Waals surface area contributed by atoms with E-state index in [-0.39, 0.29) is 5.56 Å². The van der Waals surface area contributed by atoms with Crippen LogP contribution in [0.15, 0.2) is 35.1 Å². The second-order valence-corrected chi connectivity index (χ2v) is 7.02. The van der Waals surface area contributed by atoms with Crippen LogP contribution in [0.5, 0.6) is 0 Å². The number of nitrogens with zero attached hydrogens (tertiary/aromatic N) is 2. The van der Waals surface area contributed by atoms with Crippen molar-refractivity contribution in [2.75, 3.05) is 6.54 Å². The molecule has 0 spiro atoms. The molecule has 24 heavy (non-hydrogen) atoms. The van der Waals surface area contributed by atoms with Crippen molar-refractivity contribution in [2.24, 2.45) is 5.92 Å². The largest absolute Gasteiger partial charge is 0.330 e. The Balaban J connectivity index is 1.77. The van der Waals surface area contributed by atoms with Crippen molar-refractivity contribution in [3.05, 3.63) is 52.2 Å². The van der Waals surface area contributed by atoms with Gasteiger partial charge in [0.05, 0.1) is 5.56 Å². The molecule has 4 rings (SSSR count). The lowest BCUT2D eigenvalue weighted by atomic mass is 9.82. The van der Waals surface area contributed by atoms with Crippen molar-refractivity contribution in [3.8, 4) is 11.1 Å². The maximum absolute atomic E-state index is 12.5. The van der Waals surface area contributed by atoms with Gasteiger partial charge in [0.15, 0.2) is 0 Å². The second kappa shape index (κ2) is 6.15. The third-order valence-corrected chi connectivity index (χ3v) is 5.59. The zero-order valence-electron chi connectivity index (χ0n) is 14.2. The third-order valence-electron chi connectivity index (χ3n) is 5.59. The summed E-state index contributed by atoms with van der Waals surface area (Å²) >= 11 is 0. The van der Waals surface area contributed by atoms with Crippen molar-refractivity contribution >= 4 is 0 Å². The Labute approximate surface area is 142 Å². The minimum atomic E-state index is -0.123. The monoisotopic (exact) mass is 324 g/mol. The Bertz CT molecular complexity index is 799. The number of hydrogen-bond donors (Lipinski definition) is 2. The minimum Gasteiger partial charge on any atom is -0.330 e. The van der Waals surface area contributed by atoms with Crippen LogP contribution < -0.4 is 16.4 Å². The number of nitrogens with one attached hydrogen (secondary N) is 2. The number of hydrogen-bond acceptors (Lipinski definition) is 4. The van der Waals surface area contributed by atoms with E-state index in [2.05, 4.69) is 27.3 Å². The quantitative estimate of drug-likeness (QED) is 0.890. The smallest absolute Gasteiger partial charge is 0.281 e. The molecule has 5 heteroatoms. The second-order valence-electron chi connectivity index (χ2n) is 7.02. The van der Waals surface area contributed by atoms with Crippen LogP contribution in [-0.2, 0) is 0 Å². The first-order valence-corrected chi connectivity index (χ1v) is 8.78. The van der Waals surface area contributed by atoms with Crippen LogP contribution in [0.2, 0.25) is 0 Å². The summed E-state index contributed by atoms with van der Waals surface area (Å²) in [7, 11) is 0. The summed E-state index contributed by atoms with van der Waals surface area (Å²) in [4.78, 5) is 16.9. The summed E-state index contributed by atoms with van der Waals surface area (Å²) in [5.41, 5.74) is 9.30. The highest BCUT2D eigenvalue weighted by molar-refractivity contribution is 5.64. The zero-order valence-corrected chi connectivity index (χ0v) is 14.2. The normalized spacial score (nSPS) is 26.3. The average Bonchev–Trinajstić information content (AvgIpc) is 3.03. The Hall–Kier alpha value is -1.98. The van der Waals surface area contributed by atoms with Gasteiger partial charge in [-0.3, -0.25) is 15.6 Å². The molecule has 1 aliphatic heterocycles. The van der Waals surface area contributed by atoms with Gasteiger partial charge in [-0.05, 0) is 44.6 Å². The third kappa shape index (κ3) is 2.58. The van der Waals surface area contributed by atoms with E-state index in [0.717, 1.165) is 47.9 Å². The lowest BCUT2D eigenvalue weighted by molar-refractivity contribution is 0.248. The summed E-state index contributed by atoms with van der Waals surface area (Å²) in [6, 6.07) is 10.8. The molecule has 1 saturated heterocycles. The SMILES string of the molecule is Cc1nc(=O)c(-c2ccccc2)c(C)n1C1CCC2CNNC2C1. The number of aryl methyl sites for hydroxylation is 1. The molecular formula is C19H24N4O. The van der Waals surface area contributed by atoms with Gasteiger partial charge in [-0.25, -0.2) is 0 Å². The molecule has 2 aliphatic rings. The van der Waals surface area contributed by atoms with E-state index in [1.165, 1.54) is 6.42 Å². The molecule has 0 bridgehead atoms. The van der Waals surface area contributed by atoms with Crippen molar-refractivity contribution in [2.45, 2.75) is 45.2 Å². The number of rotatable bonds is 2. The van der Waals surface area contributed by atoms with Crippen LogP contribution in [0.4, 0.5) is 0 Å². The van der Waals surface area contributed by atoms with Crippen LogP contribution in [-0.4, -0.2) is 22.1 Å². The number of hydrazine groups is 1. The molecule has 2 N–H and O–H groups in total. The van der Waals surface area contributed by atoms with Crippen LogP contribution in [0, 0.1) is 19.8 Å². The number of fused-ring (bicyclic) bond motifs is 1. The first kappa shape index (κ1) is 15.5. The summed E-state index contributed by atoms with van der Waals surface area (Å²) < 4.78 is 2.29. The van der Waals surface area contributed by atoms with E-state index in [1.54, 1.807) is 0 Å². The Morgan fingerprint density at radius 2 is 1.96 bits per heavy atom. The van der Waals surface area contributed by atoms with E-state index in [9.17, 15) is 4.79 Å². The molecule has 0 amide bonds. The number of benzene rings is 1. The van der Waals surface area contributed by atoms with E-state index < -0.39 is 0 Å². The predicted octanol–water partition coefficient (Wildman–Crippen LogP) is 2.34. The Morgan fingerprint density at radius 1 is 1.17 bits per heavy atom. The van der Waals surface area contributed by atoms with Gasteiger partial charge in [0.2, 0.25) is 0 Å². The summed E-state index contributed by atoms with van der Waals surface area (Å²) in [5.74, 6) is 1.55. The van der Waals surface area contributed by atoms with Crippen molar-refractivity contribution in [1.82, 2.24) is 20.4 Å². The molecule has 1 aromatic carbocycles. The van der Waals surface area contributed by atoms with Crippen LogP contribution in [0.25, 0.3) is 11.1 Å². The molecule has 2 aromatic rings. The standard InChI is InChI=1S/C19H24N4O/c1-12-18(14-6-4-3-5-7-14)19(24)21-13(2)23(12)16-9-8-15-11-20-22-17(15)10-16/h3-7,15-17,20,22H,8-11H2,1-2H3. The summed E-state index contributed by atoms with van der Waals surface area (Å²) in [5, 5.41) is 0. The molecule has 2 heterocycles. The highest BCUT2D eigenvalue weighted by Crippen LogP contribution is 2.35. The summed E-state index contributed by atoms with van der Waals surface area (Å²) in [6.45, 7) is 5.08. The first-order chi connectivity index (χ1) is 11.6. The maximum atomic E-state index is 12.5. The highest BCUT2D eigenvalue weighted by atomic mass is 16.1. The highest BCUT2D eigenvalue weighted by Gasteiger charge is 2.35. The van der Waals surface area contributed by atoms with E-state index in [4.69, 9.17) is 0 Å². The molecular weight excluding hydrogens is 300 g/mol. The first-order valence-electron chi connectivity index (χ1n) is 8.78. The lowest BCUT2D eigenvalue weighted by Gasteiger charge is -2.34. The molecule has 0 radical (unpaired) electrons. The number of aromatic nitrogens is 2. The van der Waals surface area contributed by atoms with Crippen molar-refractivity contribution in [3.63, 3.8) is 0 Å². The summed E-state index contributed by atoms with van der Waals surface area (Å²) in [6.07, 6.45) is 3.43. The minimum absolute atomic E-state index is 0.123. The van der Waals surface area contributed by atoms with Gasteiger partial charge in [-0.1, -0.05) is 30.3 Å². The van der Waals surface area contributed by atoms with Crippen LogP contribution >= 0.6 is 0 Å². The molecule has 1 aliphatic carbocycles. The molecule has 3 unspecified atom stereocenters. The maximum Gasteiger partial charge on any atom is 0.281 e. The average molecular weight is 324 g/mol. The van der Waals surface area contributed by atoms with Crippen molar-refractivity contribution < 1.29 is 0 Å². The predicted molar refractivity (Wildman–Crippen MR) is 94.7 cm³/mol. The van der Waals surface area contributed by atoms with Gasteiger partial charge >= 0.3 is 0 Å². The fourth-order valence-electron chi connectivity index (χ4n) is 4.44. The molecule has 126 valence electrons. The molecule has 1 aromatic heterocycles. The van der Waals surface area contributed by atoms with Gasteiger partial charge in [0, 0.05) is 24.3 Å². The molecule has 5 nitrogen and oxygen atoms in total. The van der Waals surface area contributed by atoms with Crippen molar-refractivity contribution in [1.29, 1.82) is 0 Å². The Morgan fingerprint density at radius 3 is 2.75 bits per heavy atom. The van der Waals surface area contributed by atoms with E-state index in [0.29, 0.717) is 12.1 Å². The van der Waals surface area contributed by atoms with Gasteiger partial charge in [-0.15, -0.1) is 0 Å². The molecule has 2 fully saturated rings. The van der Waals surface area contributed by atoms with E-state index >= 15 is 0 Å².